The molecule has 0 radical (unpaired) electrons. The number of hydrogen-bond acceptors (Lipinski definition) is 4. The van der Waals surface area contributed by atoms with Crippen LogP contribution < -0.4 is 131 Å². The van der Waals surface area contributed by atoms with Crippen molar-refractivity contribution in [2.75, 3.05) is 16.4 Å². The molecule has 2 atom stereocenters. The predicted octanol–water partition coefficient (Wildman–Crippen LogP) is 5.25. The van der Waals surface area contributed by atoms with Crippen molar-refractivity contribution in [2.45, 2.75) is 126 Å². The van der Waals surface area contributed by atoms with E-state index in [1.165, 1.54) is 68.7 Å². The molecule has 0 heterocycles. The van der Waals surface area contributed by atoms with Crippen molar-refractivity contribution in [1.82, 2.24) is 0 Å². The summed E-state index contributed by atoms with van der Waals surface area (Å²) in [6, 6.07) is 20.1. The number of nitrogens with one attached hydrogen (secondary N) is 2. The van der Waals surface area contributed by atoms with Crippen molar-refractivity contribution in [2.24, 2.45) is 0 Å². The van der Waals surface area contributed by atoms with Crippen LogP contribution in [0.1, 0.15) is 98.4 Å². The Hall–Kier alpha value is 1.65. The molecule has 0 amide bonds. The zero-order valence-electron chi connectivity index (χ0n) is 31.5. The average molecular weight is 794 g/mol. The molecule has 3 aromatic carbocycles. The van der Waals surface area contributed by atoms with Crippen LogP contribution in [0, 0.1) is 68.0 Å². The van der Waals surface area contributed by atoms with Crippen molar-refractivity contribution in [3.63, 3.8) is 0 Å². The number of thiol groups is 2. The van der Waals surface area contributed by atoms with Gasteiger partial charge in [0.1, 0.15) is 0 Å². The van der Waals surface area contributed by atoms with Crippen molar-refractivity contribution in [3.05, 3.63) is 100 Å². The maximum atomic E-state index is 4.24. The fraction of sp³-hybridized carbons (Fsp3) is 0.513. The SMILES string of the molecule is CC1(S)CC1.CCc1cc(C)c(NC(C)CC)c(C)c1.Cc1[c-]c(C)cc(C)c1.Cc1c[c-]cc(C)c1NC(C)CS.[CH3-].[Cs+].[K+]. The van der Waals surface area contributed by atoms with Crippen molar-refractivity contribution in [1.29, 1.82) is 0 Å². The molecule has 45 heavy (non-hydrogen) atoms. The third-order valence-corrected chi connectivity index (χ3v) is 8.31. The molecular formula is C39H61CsKN2S2-. The molecule has 1 aliphatic carbocycles. The van der Waals surface area contributed by atoms with Crippen molar-refractivity contribution in [3.8, 4) is 0 Å². The van der Waals surface area contributed by atoms with E-state index in [2.05, 4.69) is 155 Å². The minimum atomic E-state index is 0. The summed E-state index contributed by atoms with van der Waals surface area (Å²) in [5, 5.41) is 7.01. The largest absolute Gasteiger partial charge is 1.00 e. The van der Waals surface area contributed by atoms with Gasteiger partial charge in [0.25, 0.3) is 0 Å². The van der Waals surface area contributed by atoms with E-state index in [9.17, 15) is 0 Å². The number of anilines is 2. The molecule has 0 saturated heterocycles. The zero-order valence-corrected chi connectivity index (χ0v) is 42.7. The van der Waals surface area contributed by atoms with Gasteiger partial charge in [-0.15, -0.1) is 11.1 Å². The first kappa shape index (κ1) is 51.0. The maximum Gasteiger partial charge on any atom is 1.00 e. The van der Waals surface area contributed by atoms with Crippen LogP contribution in [0.4, 0.5) is 11.4 Å². The van der Waals surface area contributed by atoms with E-state index >= 15 is 0 Å². The molecule has 4 rings (SSSR count). The third-order valence-electron chi connectivity index (χ3n) is 7.31. The van der Waals surface area contributed by atoms with Crippen LogP contribution in [-0.4, -0.2) is 22.6 Å². The smallest absolute Gasteiger partial charge is 0.403 e. The molecule has 3 aromatic rings. The van der Waals surface area contributed by atoms with Crippen LogP contribution in [0.15, 0.2) is 36.4 Å². The van der Waals surface area contributed by atoms with Gasteiger partial charge in [0.15, 0.2) is 0 Å². The van der Waals surface area contributed by atoms with Gasteiger partial charge < -0.3 is 18.1 Å². The summed E-state index contributed by atoms with van der Waals surface area (Å²) >= 11 is 8.48. The van der Waals surface area contributed by atoms with Crippen LogP contribution in [0.2, 0.25) is 0 Å². The van der Waals surface area contributed by atoms with Gasteiger partial charge in [0, 0.05) is 28.3 Å². The summed E-state index contributed by atoms with van der Waals surface area (Å²) in [7, 11) is 0. The Balaban J connectivity index is -0.000000538. The Morgan fingerprint density at radius 2 is 1.18 bits per heavy atom. The van der Waals surface area contributed by atoms with Gasteiger partial charge in [0.2, 0.25) is 0 Å². The minimum Gasteiger partial charge on any atom is -0.403 e. The van der Waals surface area contributed by atoms with Gasteiger partial charge in [-0.3, -0.25) is 0 Å². The fourth-order valence-electron chi connectivity index (χ4n) is 4.39. The van der Waals surface area contributed by atoms with Gasteiger partial charge in [-0.1, -0.05) is 73.2 Å². The van der Waals surface area contributed by atoms with E-state index in [1.54, 1.807) is 0 Å². The van der Waals surface area contributed by atoms with Crippen LogP contribution in [0.5, 0.6) is 0 Å². The Kier molecular flexibility index (Phi) is 30.0. The molecule has 0 bridgehead atoms. The summed E-state index contributed by atoms with van der Waals surface area (Å²) in [5.74, 6) is 0.845. The molecule has 6 heteroatoms. The third kappa shape index (κ3) is 22.2. The first-order valence-corrected chi connectivity index (χ1v) is 16.6. The summed E-state index contributed by atoms with van der Waals surface area (Å²) < 4.78 is 0.444. The second-order valence-corrected chi connectivity index (χ2v) is 13.8. The molecule has 2 unspecified atom stereocenters. The molecule has 242 valence electrons. The molecular weight excluding hydrogens is 733 g/mol. The first-order chi connectivity index (χ1) is 19.6. The summed E-state index contributed by atoms with van der Waals surface area (Å²) in [6.07, 6.45) is 4.91. The molecule has 2 N–H and O–H groups in total. The zero-order chi connectivity index (χ0) is 32.0. The Bertz CT molecular complexity index is 1150. The normalized spacial score (nSPS) is 13.1. The van der Waals surface area contributed by atoms with E-state index in [0.717, 1.165) is 18.6 Å². The molecule has 0 aliphatic heterocycles. The van der Waals surface area contributed by atoms with Crippen molar-refractivity contribution < 1.29 is 120 Å². The first-order valence-electron chi connectivity index (χ1n) is 15.5. The monoisotopic (exact) mass is 793 g/mol. The number of aryl methyl sites for hydroxylation is 8. The Morgan fingerprint density at radius 3 is 1.51 bits per heavy atom. The second kappa shape index (κ2) is 26.5. The number of rotatable bonds is 7. The summed E-state index contributed by atoms with van der Waals surface area (Å²) in [6.45, 7) is 25.7. The molecule has 1 fully saturated rings. The van der Waals surface area contributed by atoms with E-state index in [0.29, 0.717) is 16.8 Å². The van der Waals surface area contributed by atoms with E-state index in [1.807, 2.05) is 12.1 Å². The maximum absolute atomic E-state index is 4.24. The molecule has 0 spiro atoms. The van der Waals surface area contributed by atoms with Gasteiger partial charge in [-0.25, -0.2) is 0 Å². The fourth-order valence-corrected chi connectivity index (χ4v) is 4.59. The average Bonchev–Trinajstić information content (AvgIpc) is 3.62. The standard InChI is InChI=1S/C14H23N.C11H16NS.C9H11.C4H8S.CH3.Cs.K/c1-6-12(5)15-14-10(3)8-13(7-2)9-11(14)4;1-8-5-4-6-9(2)11(8)12-10(3)7-13;1-7-4-8(2)6-9(3)5-7;1-4(5)2-3-4;;;/h8-9,12,15H,6-7H2,1-5H3;5-6,10,12-13H,7H2,1-3H3;4-5H,1-3H3;5H,2-3H2,1H3;1H3;;/q;2*-1;;-1;2*+1. The van der Waals surface area contributed by atoms with Gasteiger partial charge in [0.05, 0.1) is 0 Å². The summed E-state index contributed by atoms with van der Waals surface area (Å²) in [4.78, 5) is 0. The van der Waals surface area contributed by atoms with Crippen LogP contribution in [0.25, 0.3) is 0 Å². The molecule has 0 aromatic heterocycles. The van der Waals surface area contributed by atoms with Crippen LogP contribution >= 0.6 is 25.3 Å². The van der Waals surface area contributed by atoms with Crippen LogP contribution in [0.3, 0.4) is 0 Å². The molecule has 1 saturated carbocycles. The van der Waals surface area contributed by atoms with E-state index in [4.69, 9.17) is 0 Å². The minimum absolute atomic E-state index is 0. The Labute approximate surface area is 392 Å². The second-order valence-electron chi connectivity index (χ2n) is 12.4. The Morgan fingerprint density at radius 1 is 0.778 bits per heavy atom. The molecule has 1 aliphatic rings. The van der Waals surface area contributed by atoms with E-state index < -0.39 is 0 Å². The van der Waals surface area contributed by atoms with Crippen LogP contribution in [-0.2, 0) is 6.42 Å². The topological polar surface area (TPSA) is 24.1 Å². The van der Waals surface area contributed by atoms with Gasteiger partial charge in [-0.2, -0.15) is 78.3 Å². The quantitative estimate of drug-likeness (QED) is 0.150. The predicted molar refractivity (Wildman–Crippen MR) is 203 cm³/mol. The van der Waals surface area contributed by atoms with E-state index in [-0.39, 0.29) is 128 Å². The van der Waals surface area contributed by atoms with Gasteiger partial charge in [-0.05, 0) is 70.1 Å². The number of hydrogen-bond donors (Lipinski definition) is 4. The van der Waals surface area contributed by atoms with Gasteiger partial charge >= 0.3 is 120 Å². The summed E-state index contributed by atoms with van der Waals surface area (Å²) in [5.41, 5.74) is 13.0. The molecule has 2 nitrogen and oxygen atoms in total. The number of benzene rings is 3. The van der Waals surface area contributed by atoms with Crippen molar-refractivity contribution >= 4 is 36.6 Å².